The van der Waals surface area contributed by atoms with Gasteiger partial charge in [0.25, 0.3) is 0 Å². The molecule has 3 N–H and O–H groups in total. The molecule has 1 rings (SSSR count). The molecule has 3 nitrogen and oxygen atoms in total. The molecule has 0 fully saturated rings. The predicted molar refractivity (Wildman–Crippen MR) is 49.0 cm³/mol. The summed E-state index contributed by atoms with van der Waals surface area (Å²) < 4.78 is 0. The Labute approximate surface area is 71.6 Å². The number of anilines is 1. The molecule has 0 bridgehead atoms. The zero-order valence-corrected chi connectivity index (χ0v) is 7.00. The molecule has 0 aliphatic rings. The number of aldehydes is 1. The van der Waals surface area contributed by atoms with E-state index >= 15 is 0 Å². The minimum atomic E-state index is 0.626. The number of rotatable bonds is 3. The normalized spacial score (nSPS) is 9.75. The maximum absolute atomic E-state index is 10.6. The van der Waals surface area contributed by atoms with E-state index in [-0.39, 0.29) is 0 Å². The summed E-state index contributed by atoms with van der Waals surface area (Å²) >= 11 is 0. The zero-order chi connectivity index (χ0) is 8.97. The highest BCUT2D eigenvalue weighted by molar-refractivity contribution is 5.80. The summed E-state index contributed by atoms with van der Waals surface area (Å²) in [7, 11) is 1.82. The van der Waals surface area contributed by atoms with Crippen LogP contribution in [0.4, 0.5) is 5.69 Å². The van der Waals surface area contributed by atoms with Gasteiger partial charge in [-0.15, -0.1) is 0 Å². The van der Waals surface area contributed by atoms with Crippen LogP contribution in [0, 0.1) is 0 Å². The quantitative estimate of drug-likeness (QED) is 0.513. The SMILES string of the molecule is CNCc1c(N)cccc1C=O. The van der Waals surface area contributed by atoms with Crippen molar-refractivity contribution in [3.8, 4) is 0 Å². The highest BCUT2D eigenvalue weighted by atomic mass is 16.1. The molecular formula is C9H12N2O. The topological polar surface area (TPSA) is 55.1 Å². The van der Waals surface area contributed by atoms with Crippen molar-refractivity contribution in [3.05, 3.63) is 29.3 Å². The van der Waals surface area contributed by atoms with Gasteiger partial charge in [-0.05, 0) is 18.7 Å². The average Bonchev–Trinajstić information content (AvgIpc) is 2.09. The third-order valence-electron chi connectivity index (χ3n) is 1.73. The van der Waals surface area contributed by atoms with Crippen LogP contribution < -0.4 is 11.1 Å². The summed E-state index contributed by atoms with van der Waals surface area (Å²) in [5.74, 6) is 0. The molecule has 0 aromatic heterocycles. The molecule has 0 radical (unpaired) electrons. The van der Waals surface area contributed by atoms with E-state index in [9.17, 15) is 4.79 Å². The molecule has 0 spiro atoms. The van der Waals surface area contributed by atoms with Crippen molar-refractivity contribution in [2.45, 2.75) is 6.54 Å². The van der Waals surface area contributed by atoms with Gasteiger partial charge in [0.15, 0.2) is 0 Å². The Bertz CT molecular complexity index is 284. The van der Waals surface area contributed by atoms with E-state index < -0.39 is 0 Å². The van der Waals surface area contributed by atoms with E-state index in [1.807, 2.05) is 7.05 Å². The fourth-order valence-electron chi connectivity index (χ4n) is 1.11. The van der Waals surface area contributed by atoms with Gasteiger partial charge in [0.1, 0.15) is 6.29 Å². The Hall–Kier alpha value is -1.35. The molecule has 0 heterocycles. The summed E-state index contributed by atoms with van der Waals surface area (Å²) in [5, 5.41) is 2.96. The Kier molecular flexibility index (Phi) is 2.82. The van der Waals surface area contributed by atoms with Crippen molar-refractivity contribution in [1.29, 1.82) is 0 Å². The predicted octanol–water partition coefficient (Wildman–Crippen LogP) is 0.801. The molecule has 0 saturated heterocycles. The maximum Gasteiger partial charge on any atom is 0.150 e. The van der Waals surface area contributed by atoms with E-state index in [1.165, 1.54) is 0 Å². The van der Waals surface area contributed by atoms with Crippen LogP contribution >= 0.6 is 0 Å². The van der Waals surface area contributed by atoms with Crippen molar-refractivity contribution >= 4 is 12.0 Å². The zero-order valence-electron chi connectivity index (χ0n) is 7.00. The molecule has 64 valence electrons. The average molecular weight is 164 g/mol. The first-order chi connectivity index (χ1) is 5.79. The highest BCUT2D eigenvalue weighted by Crippen LogP contribution is 2.14. The third kappa shape index (κ3) is 1.62. The van der Waals surface area contributed by atoms with E-state index in [4.69, 9.17) is 5.73 Å². The highest BCUT2D eigenvalue weighted by Gasteiger charge is 2.02. The molecule has 0 saturated carbocycles. The summed E-state index contributed by atoms with van der Waals surface area (Å²) in [6.45, 7) is 0.626. The van der Waals surface area contributed by atoms with Crippen molar-refractivity contribution in [1.82, 2.24) is 5.32 Å². The van der Waals surface area contributed by atoms with Gasteiger partial charge in [-0.25, -0.2) is 0 Å². The van der Waals surface area contributed by atoms with Gasteiger partial charge in [-0.3, -0.25) is 4.79 Å². The number of hydrogen-bond donors (Lipinski definition) is 2. The molecule has 3 heteroatoms. The van der Waals surface area contributed by atoms with Crippen molar-refractivity contribution < 1.29 is 4.79 Å². The second kappa shape index (κ2) is 3.88. The molecular weight excluding hydrogens is 152 g/mol. The van der Waals surface area contributed by atoms with E-state index in [0.29, 0.717) is 17.8 Å². The molecule has 1 aromatic carbocycles. The lowest BCUT2D eigenvalue weighted by Gasteiger charge is -2.06. The Balaban J connectivity index is 3.10. The summed E-state index contributed by atoms with van der Waals surface area (Å²) in [4.78, 5) is 10.6. The second-order valence-corrected chi connectivity index (χ2v) is 2.56. The van der Waals surface area contributed by atoms with Crippen molar-refractivity contribution in [2.24, 2.45) is 0 Å². The molecule has 12 heavy (non-hydrogen) atoms. The number of hydrogen-bond acceptors (Lipinski definition) is 3. The monoisotopic (exact) mass is 164 g/mol. The molecule has 0 aliphatic carbocycles. The van der Waals surface area contributed by atoms with Crippen LogP contribution in [0.3, 0.4) is 0 Å². The Morgan fingerprint density at radius 3 is 2.92 bits per heavy atom. The first-order valence-corrected chi connectivity index (χ1v) is 3.76. The van der Waals surface area contributed by atoms with Gasteiger partial charge in [0.05, 0.1) is 0 Å². The molecule has 0 aliphatic heterocycles. The summed E-state index contributed by atoms with van der Waals surface area (Å²) in [5.41, 5.74) is 7.87. The smallest absolute Gasteiger partial charge is 0.150 e. The number of nitrogens with two attached hydrogens (primary N) is 1. The second-order valence-electron chi connectivity index (χ2n) is 2.56. The van der Waals surface area contributed by atoms with Gasteiger partial charge in [0.2, 0.25) is 0 Å². The number of carbonyl (C=O) groups is 1. The van der Waals surface area contributed by atoms with Crippen molar-refractivity contribution in [2.75, 3.05) is 12.8 Å². The van der Waals surface area contributed by atoms with Crippen molar-refractivity contribution in [3.63, 3.8) is 0 Å². The van der Waals surface area contributed by atoms with Crippen LogP contribution in [0.25, 0.3) is 0 Å². The number of benzene rings is 1. The maximum atomic E-state index is 10.6. The lowest BCUT2D eigenvalue weighted by atomic mass is 10.1. The standard InChI is InChI=1S/C9H12N2O/c1-11-5-8-7(6-12)3-2-4-9(8)10/h2-4,6,11H,5,10H2,1H3. The third-order valence-corrected chi connectivity index (χ3v) is 1.73. The Morgan fingerprint density at radius 2 is 2.33 bits per heavy atom. The molecule has 0 amide bonds. The first kappa shape index (κ1) is 8.74. The fourth-order valence-corrected chi connectivity index (χ4v) is 1.11. The number of nitrogens with one attached hydrogen (secondary N) is 1. The van der Waals surface area contributed by atoms with Gasteiger partial charge in [-0.1, -0.05) is 12.1 Å². The molecule has 1 aromatic rings. The summed E-state index contributed by atoms with van der Waals surface area (Å²) in [6.07, 6.45) is 0.822. The molecule has 0 atom stereocenters. The van der Waals surface area contributed by atoms with Crippen LogP contribution in [0.1, 0.15) is 15.9 Å². The fraction of sp³-hybridized carbons (Fsp3) is 0.222. The van der Waals surface area contributed by atoms with E-state index in [1.54, 1.807) is 18.2 Å². The minimum Gasteiger partial charge on any atom is -0.398 e. The van der Waals surface area contributed by atoms with E-state index in [2.05, 4.69) is 5.32 Å². The van der Waals surface area contributed by atoms with Crippen LogP contribution in [0.15, 0.2) is 18.2 Å². The lowest BCUT2D eigenvalue weighted by Crippen LogP contribution is -2.10. The van der Waals surface area contributed by atoms with Crippen LogP contribution in [-0.4, -0.2) is 13.3 Å². The van der Waals surface area contributed by atoms with Crippen LogP contribution in [0.5, 0.6) is 0 Å². The minimum absolute atomic E-state index is 0.626. The lowest BCUT2D eigenvalue weighted by molar-refractivity contribution is 0.112. The first-order valence-electron chi connectivity index (χ1n) is 3.76. The van der Waals surface area contributed by atoms with E-state index in [0.717, 1.165) is 11.8 Å². The largest absolute Gasteiger partial charge is 0.398 e. The summed E-state index contributed by atoms with van der Waals surface area (Å²) in [6, 6.07) is 5.33. The van der Waals surface area contributed by atoms with Crippen LogP contribution in [0.2, 0.25) is 0 Å². The molecule has 0 unspecified atom stereocenters. The van der Waals surface area contributed by atoms with Crippen LogP contribution in [-0.2, 0) is 6.54 Å². The number of carbonyl (C=O) groups excluding carboxylic acids is 1. The Morgan fingerprint density at radius 1 is 1.58 bits per heavy atom. The van der Waals surface area contributed by atoms with Gasteiger partial charge >= 0.3 is 0 Å². The van der Waals surface area contributed by atoms with Gasteiger partial charge in [-0.2, -0.15) is 0 Å². The number of nitrogen functional groups attached to an aromatic ring is 1. The van der Waals surface area contributed by atoms with Gasteiger partial charge in [0, 0.05) is 17.8 Å². The van der Waals surface area contributed by atoms with Gasteiger partial charge < -0.3 is 11.1 Å².